The predicted molar refractivity (Wildman–Crippen MR) is 290 cm³/mol. The van der Waals surface area contributed by atoms with E-state index in [4.69, 9.17) is 9.05 Å². The van der Waals surface area contributed by atoms with Gasteiger partial charge in [-0.25, -0.2) is 4.57 Å². The summed E-state index contributed by atoms with van der Waals surface area (Å²) in [6.45, 7) is 4.66. The number of allylic oxidation sites excluding steroid dienone is 15. The number of unbranched alkanes of at least 4 members (excludes halogenated alkanes) is 21. The third-order valence-electron chi connectivity index (χ3n) is 11.6. The number of phosphoric acid groups is 1. The van der Waals surface area contributed by atoms with Crippen LogP contribution in [-0.4, -0.2) is 73.4 Å². The second-order valence-corrected chi connectivity index (χ2v) is 20.7. The minimum atomic E-state index is -4.37. The lowest BCUT2D eigenvalue weighted by atomic mass is 10.0. The Labute approximate surface area is 413 Å². The summed E-state index contributed by atoms with van der Waals surface area (Å²) in [5, 5.41) is 13.9. The van der Waals surface area contributed by atoms with Crippen LogP contribution < -0.4 is 5.32 Å². The van der Waals surface area contributed by atoms with Gasteiger partial charge < -0.3 is 19.8 Å². The molecule has 0 aliphatic rings. The van der Waals surface area contributed by atoms with Gasteiger partial charge in [0.2, 0.25) is 5.91 Å². The number of quaternary nitrogens is 1. The minimum absolute atomic E-state index is 0.0455. The van der Waals surface area contributed by atoms with Crippen molar-refractivity contribution in [1.29, 1.82) is 0 Å². The van der Waals surface area contributed by atoms with Crippen molar-refractivity contribution in [2.24, 2.45) is 0 Å². The van der Waals surface area contributed by atoms with Crippen LogP contribution in [0.3, 0.4) is 0 Å². The highest BCUT2D eigenvalue weighted by atomic mass is 31.2. The molecule has 0 radical (unpaired) electrons. The number of aliphatic hydroxyl groups is 1. The number of amides is 1. The first-order valence-electron chi connectivity index (χ1n) is 27.1. The Morgan fingerprint density at radius 2 is 0.896 bits per heavy atom. The fraction of sp³-hybridized carbons (Fsp3) is 0.707. The zero-order valence-corrected chi connectivity index (χ0v) is 44.8. The highest BCUT2D eigenvalue weighted by molar-refractivity contribution is 7.47. The van der Waals surface area contributed by atoms with Gasteiger partial charge >= 0.3 is 7.82 Å². The smallest absolute Gasteiger partial charge is 0.387 e. The van der Waals surface area contributed by atoms with Crippen LogP contribution >= 0.6 is 7.82 Å². The van der Waals surface area contributed by atoms with Crippen LogP contribution in [0.2, 0.25) is 0 Å². The largest absolute Gasteiger partial charge is 0.472 e. The van der Waals surface area contributed by atoms with E-state index in [2.05, 4.69) is 104 Å². The van der Waals surface area contributed by atoms with E-state index in [1.165, 1.54) is 116 Å². The van der Waals surface area contributed by atoms with Gasteiger partial charge in [-0.2, -0.15) is 0 Å². The van der Waals surface area contributed by atoms with Gasteiger partial charge in [-0.15, -0.1) is 0 Å². The highest BCUT2D eigenvalue weighted by Gasteiger charge is 2.27. The molecule has 8 nitrogen and oxygen atoms in total. The molecule has 3 N–H and O–H groups in total. The molecule has 0 rings (SSSR count). The average molecular weight is 956 g/mol. The van der Waals surface area contributed by atoms with Gasteiger partial charge in [-0.1, -0.05) is 233 Å². The second kappa shape index (κ2) is 48.4. The number of carbonyl (C=O) groups is 1. The van der Waals surface area contributed by atoms with Gasteiger partial charge in [0.15, 0.2) is 0 Å². The van der Waals surface area contributed by atoms with E-state index in [0.717, 1.165) is 70.6 Å². The van der Waals surface area contributed by atoms with Gasteiger partial charge in [-0.3, -0.25) is 13.8 Å². The molecule has 0 saturated heterocycles. The summed E-state index contributed by atoms with van der Waals surface area (Å²) in [4.78, 5) is 23.2. The molecule has 0 aliphatic carbocycles. The summed E-state index contributed by atoms with van der Waals surface area (Å²) in [5.41, 5.74) is 0. The lowest BCUT2D eigenvalue weighted by Crippen LogP contribution is -2.45. The molecule has 0 saturated carbocycles. The van der Waals surface area contributed by atoms with Crippen molar-refractivity contribution in [3.8, 4) is 0 Å². The van der Waals surface area contributed by atoms with Gasteiger partial charge in [0, 0.05) is 6.42 Å². The number of hydrogen-bond acceptors (Lipinski definition) is 5. The minimum Gasteiger partial charge on any atom is -0.387 e. The number of likely N-dealkylation sites (N-methyl/N-ethyl adjacent to an activating group) is 1. The number of nitrogens with one attached hydrogen (secondary N) is 1. The zero-order valence-electron chi connectivity index (χ0n) is 43.9. The summed E-state index contributed by atoms with van der Waals surface area (Å²) >= 11 is 0. The Hall–Kier alpha value is -2.58. The van der Waals surface area contributed by atoms with E-state index in [9.17, 15) is 19.4 Å². The molecule has 0 bridgehead atoms. The molecule has 0 aromatic heterocycles. The Morgan fingerprint density at radius 1 is 0.522 bits per heavy atom. The van der Waals surface area contributed by atoms with Gasteiger partial charge in [-0.05, 0) is 70.6 Å². The van der Waals surface area contributed by atoms with Crippen molar-refractivity contribution >= 4 is 13.7 Å². The van der Waals surface area contributed by atoms with Crippen LogP contribution in [0.5, 0.6) is 0 Å². The SMILES string of the molecule is CC/C=C\C/C=C\C/C=C\C/C=C\C/C=C\C/C=C\C/C=C\CCCC(=O)NC(COP(=O)(O)OCC[N+](C)(C)C)C(O)/C=C/CCCCCCCCCCCCCCCCCCCCCC. The van der Waals surface area contributed by atoms with Gasteiger partial charge in [0.05, 0.1) is 39.9 Å². The van der Waals surface area contributed by atoms with E-state index < -0.39 is 20.0 Å². The molecule has 9 heteroatoms. The van der Waals surface area contributed by atoms with Crippen molar-refractivity contribution in [3.05, 3.63) is 97.2 Å². The standard InChI is InChI=1S/C58H103N2O6P/c1-6-8-10-12-14-16-18-20-22-24-26-28-30-32-34-36-38-40-42-44-46-48-50-52-58(62)59-56(55-66-67(63,64)65-54-53-60(3,4)5)57(61)51-49-47-45-43-41-39-37-35-33-31-29-27-25-23-21-19-17-15-13-11-9-7-2/h8,10,14,16,20,22,26,28,32,34,38,40,44,46,49,51,56-57,61H,6-7,9,11-13,15,17-19,21,23-25,27,29-31,33,35-37,39,41-43,45,47-48,50,52-55H2,1-5H3,(H-,59,62,63,64)/p+1/b10-8-,16-14-,22-20-,28-26-,34-32-,40-38-,46-44-,51-49+. The third-order valence-corrected chi connectivity index (χ3v) is 12.5. The number of hydrogen-bond donors (Lipinski definition) is 3. The molecule has 0 spiro atoms. The molecule has 0 fully saturated rings. The van der Waals surface area contributed by atoms with E-state index in [0.29, 0.717) is 17.4 Å². The molecule has 0 heterocycles. The maximum absolute atomic E-state index is 12.9. The van der Waals surface area contributed by atoms with Crippen molar-refractivity contribution in [3.63, 3.8) is 0 Å². The van der Waals surface area contributed by atoms with Crippen LogP contribution in [0.25, 0.3) is 0 Å². The molecule has 1 amide bonds. The average Bonchev–Trinajstić information content (AvgIpc) is 3.29. The number of carbonyl (C=O) groups excluding carboxylic acids is 1. The van der Waals surface area contributed by atoms with Crippen LogP contribution in [-0.2, 0) is 18.4 Å². The summed E-state index contributed by atoms with van der Waals surface area (Å²) in [7, 11) is 1.52. The van der Waals surface area contributed by atoms with E-state index in [1.54, 1.807) is 6.08 Å². The Kier molecular flexibility index (Phi) is 46.6. The number of nitrogens with zero attached hydrogens (tertiary/aromatic N) is 1. The summed E-state index contributed by atoms with van der Waals surface area (Å²) in [6, 6.07) is -0.884. The normalized spacial score (nSPS) is 14.8. The first-order chi connectivity index (χ1) is 32.5. The molecule has 3 atom stereocenters. The number of aliphatic hydroxyl groups excluding tert-OH is 1. The summed E-state index contributed by atoms with van der Waals surface area (Å²) < 4.78 is 23.6. The highest BCUT2D eigenvalue weighted by Crippen LogP contribution is 2.43. The first kappa shape index (κ1) is 64.4. The topological polar surface area (TPSA) is 105 Å². The van der Waals surface area contributed by atoms with E-state index in [1.807, 2.05) is 27.2 Å². The maximum Gasteiger partial charge on any atom is 0.472 e. The molecule has 0 aromatic rings. The monoisotopic (exact) mass is 956 g/mol. The first-order valence-corrected chi connectivity index (χ1v) is 28.6. The van der Waals surface area contributed by atoms with Crippen molar-refractivity contribution in [2.45, 2.75) is 225 Å². The molecule has 386 valence electrons. The number of phosphoric ester groups is 1. The molecular weight excluding hydrogens is 852 g/mol. The quantitative estimate of drug-likeness (QED) is 0.0243. The lowest BCUT2D eigenvalue weighted by molar-refractivity contribution is -0.870. The fourth-order valence-electron chi connectivity index (χ4n) is 7.32. The Morgan fingerprint density at radius 3 is 1.30 bits per heavy atom. The predicted octanol–water partition coefficient (Wildman–Crippen LogP) is 16.3. The van der Waals surface area contributed by atoms with Crippen LogP contribution in [0, 0.1) is 0 Å². The van der Waals surface area contributed by atoms with E-state index >= 15 is 0 Å². The molecule has 67 heavy (non-hydrogen) atoms. The van der Waals surface area contributed by atoms with Gasteiger partial charge in [0.1, 0.15) is 13.2 Å². The molecular formula is C58H104N2O6P+. The maximum atomic E-state index is 12.9. The van der Waals surface area contributed by atoms with Crippen LogP contribution in [0.4, 0.5) is 0 Å². The summed E-state index contributed by atoms with van der Waals surface area (Å²) in [5.74, 6) is -0.237. The Balaban J connectivity index is 4.41. The van der Waals surface area contributed by atoms with Crippen LogP contribution in [0.1, 0.15) is 213 Å². The Bertz CT molecular complexity index is 1410. The molecule has 3 unspecified atom stereocenters. The lowest BCUT2D eigenvalue weighted by Gasteiger charge is -2.25. The number of rotatable bonds is 48. The molecule has 0 aliphatic heterocycles. The fourth-order valence-corrected chi connectivity index (χ4v) is 8.06. The van der Waals surface area contributed by atoms with Crippen molar-refractivity contribution < 1.29 is 32.9 Å². The van der Waals surface area contributed by atoms with Crippen molar-refractivity contribution in [1.82, 2.24) is 5.32 Å². The zero-order chi connectivity index (χ0) is 49.2. The second-order valence-electron chi connectivity index (χ2n) is 19.2. The third kappa shape index (κ3) is 51.1. The summed E-state index contributed by atoms with van der Waals surface area (Å²) in [6.07, 6.45) is 69.3. The van der Waals surface area contributed by atoms with Crippen LogP contribution in [0.15, 0.2) is 97.2 Å². The van der Waals surface area contributed by atoms with E-state index in [-0.39, 0.29) is 25.5 Å². The van der Waals surface area contributed by atoms with Crippen molar-refractivity contribution in [2.75, 3.05) is 40.9 Å². The van der Waals surface area contributed by atoms with Gasteiger partial charge in [0.25, 0.3) is 0 Å². The molecule has 0 aromatic carbocycles.